The minimum Gasteiger partial charge on any atom is -0.469 e. The van der Waals surface area contributed by atoms with Gasteiger partial charge in [0.05, 0.1) is 17.9 Å². The Balaban J connectivity index is 2.08. The van der Waals surface area contributed by atoms with Crippen molar-refractivity contribution in [1.29, 1.82) is 0 Å². The maximum atomic E-state index is 12.4. The van der Waals surface area contributed by atoms with Crippen LogP contribution in [0.15, 0.2) is 0 Å². The Hall–Kier alpha value is -1.06. The Bertz CT molecular complexity index is 367. The molecule has 0 aliphatic heterocycles. The van der Waals surface area contributed by atoms with Gasteiger partial charge in [-0.15, -0.1) is 0 Å². The Labute approximate surface area is 114 Å². The second kappa shape index (κ2) is 4.50. The lowest BCUT2D eigenvalue weighted by atomic mass is 9.53. The topological polar surface area (TPSA) is 52.6 Å². The third-order valence-corrected chi connectivity index (χ3v) is 4.70. The van der Waals surface area contributed by atoms with Crippen molar-refractivity contribution in [2.75, 3.05) is 7.11 Å². The zero-order chi connectivity index (χ0) is 14.3. The zero-order valence-corrected chi connectivity index (χ0v) is 12.4. The molecule has 0 aromatic rings. The molecule has 0 heterocycles. The number of hydrogen-bond acceptors (Lipinski definition) is 4. The summed E-state index contributed by atoms with van der Waals surface area (Å²) in [5, 5.41) is 0. The Morgan fingerprint density at radius 2 is 1.21 bits per heavy atom. The molecule has 2 bridgehead atoms. The summed E-state index contributed by atoms with van der Waals surface area (Å²) < 4.78 is 10.5. The molecule has 3 aliphatic rings. The maximum absolute atomic E-state index is 12.4. The van der Waals surface area contributed by atoms with E-state index < -0.39 is 5.60 Å². The highest BCUT2D eigenvalue weighted by molar-refractivity contribution is 5.81. The maximum Gasteiger partial charge on any atom is 0.312 e. The molecule has 0 aromatic carbocycles. The predicted molar refractivity (Wildman–Crippen MR) is 70.4 cm³/mol. The number of rotatable bonds is 2. The summed E-state index contributed by atoms with van der Waals surface area (Å²) in [4.78, 5) is 24.3. The lowest BCUT2D eigenvalue weighted by Gasteiger charge is -2.50. The highest BCUT2D eigenvalue weighted by Gasteiger charge is 2.57. The third kappa shape index (κ3) is 2.49. The summed E-state index contributed by atoms with van der Waals surface area (Å²) in [6, 6.07) is 0. The molecule has 4 heteroatoms. The first-order valence-electron chi connectivity index (χ1n) is 7.05. The van der Waals surface area contributed by atoms with E-state index in [9.17, 15) is 9.59 Å². The number of carbonyl (C=O) groups excluding carboxylic acids is 2. The molecular weight excluding hydrogens is 244 g/mol. The van der Waals surface area contributed by atoms with Gasteiger partial charge in [0.25, 0.3) is 0 Å². The molecule has 0 spiro atoms. The van der Waals surface area contributed by atoms with Crippen molar-refractivity contribution in [3.8, 4) is 0 Å². The lowest BCUT2D eigenvalue weighted by molar-refractivity contribution is -0.184. The van der Waals surface area contributed by atoms with Crippen LogP contribution < -0.4 is 0 Å². The fourth-order valence-electron chi connectivity index (χ4n) is 3.40. The number of fused-ring (bicyclic) bond motifs is 3. The van der Waals surface area contributed by atoms with E-state index in [0.29, 0.717) is 0 Å². The van der Waals surface area contributed by atoms with Crippen LogP contribution in [0.4, 0.5) is 0 Å². The molecule has 3 fully saturated rings. The molecule has 4 nitrogen and oxygen atoms in total. The highest BCUT2D eigenvalue weighted by Crippen LogP contribution is 2.58. The molecule has 0 amide bonds. The van der Waals surface area contributed by atoms with Crippen LogP contribution in [-0.2, 0) is 19.1 Å². The van der Waals surface area contributed by atoms with Crippen LogP contribution in [0.2, 0.25) is 0 Å². The van der Waals surface area contributed by atoms with Crippen LogP contribution in [-0.4, -0.2) is 24.6 Å². The first-order valence-corrected chi connectivity index (χ1v) is 7.05. The third-order valence-electron chi connectivity index (χ3n) is 4.70. The average molecular weight is 268 g/mol. The fourth-order valence-corrected chi connectivity index (χ4v) is 3.40. The van der Waals surface area contributed by atoms with Gasteiger partial charge in [-0.2, -0.15) is 0 Å². The van der Waals surface area contributed by atoms with Gasteiger partial charge in [0.1, 0.15) is 5.60 Å². The van der Waals surface area contributed by atoms with Gasteiger partial charge in [0, 0.05) is 0 Å². The SMILES string of the molecule is COC(=O)C12CCC(C(=O)OC(C)(C)C)(CC1)CC2. The minimum absolute atomic E-state index is 0.0850. The smallest absolute Gasteiger partial charge is 0.312 e. The van der Waals surface area contributed by atoms with Gasteiger partial charge < -0.3 is 9.47 Å². The number of carbonyl (C=O) groups is 2. The Morgan fingerprint density at radius 3 is 1.53 bits per heavy atom. The van der Waals surface area contributed by atoms with Crippen molar-refractivity contribution in [2.45, 2.75) is 64.9 Å². The molecule has 3 aliphatic carbocycles. The first-order chi connectivity index (χ1) is 8.73. The Kier molecular flexibility index (Phi) is 3.40. The molecule has 0 N–H and O–H groups in total. The van der Waals surface area contributed by atoms with Gasteiger partial charge in [0.15, 0.2) is 0 Å². The molecule has 3 rings (SSSR count). The quantitative estimate of drug-likeness (QED) is 0.723. The van der Waals surface area contributed by atoms with Gasteiger partial charge in [-0.25, -0.2) is 0 Å². The summed E-state index contributed by atoms with van der Waals surface area (Å²) in [7, 11) is 1.45. The zero-order valence-electron chi connectivity index (χ0n) is 12.4. The number of methoxy groups -OCH3 is 1. The van der Waals surface area contributed by atoms with Crippen LogP contribution in [0.25, 0.3) is 0 Å². The molecule has 0 saturated heterocycles. The van der Waals surface area contributed by atoms with E-state index in [1.54, 1.807) is 0 Å². The second-order valence-electron chi connectivity index (χ2n) is 7.05. The van der Waals surface area contributed by atoms with Gasteiger partial charge in [0.2, 0.25) is 0 Å². The van der Waals surface area contributed by atoms with Gasteiger partial charge >= 0.3 is 11.9 Å². The molecule has 108 valence electrons. The van der Waals surface area contributed by atoms with Crippen molar-refractivity contribution >= 4 is 11.9 Å². The summed E-state index contributed by atoms with van der Waals surface area (Å²) in [5.74, 6) is -0.192. The second-order valence-corrected chi connectivity index (χ2v) is 7.05. The van der Waals surface area contributed by atoms with Crippen LogP contribution in [0.3, 0.4) is 0 Å². The van der Waals surface area contributed by atoms with E-state index in [1.165, 1.54) is 7.11 Å². The predicted octanol–water partition coefficient (Wildman–Crippen LogP) is 2.84. The van der Waals surface area contributed by atoms with Crippen LogP contribution in [0, 0.1) is 10.8 Å². The highest BCUT2D eigenvalue weighted by atomic mass is 16.6. The fraction of sp³-hybridized carbons (Fsp3) is 0.867. The standard InChI is InChI=1S/C15H24O4/c1-13(2,3)19-12(17)15-8-5-14(6-9-15,7-10-15)11(16)18-4/h5-10H2,1-4H3. The number of hydrogen-bond donors (Lipinski definition) is 0. The lowest BCUT2D eigenvalue weighted by Crippen LogP contribution is -2.51. The van der Waals surface area contributed by atoms with Crippen LogP contribution in [0.5, 0.6) is 0 Å². The van der Waals surface area contributed by atoms with Crippen molar-refractivity contribution in [3.63, 3.8) is 0 Å². The van der Waals surface area contributed by atoms with E-state index in [-0.39, 0.29) is 22.8 Å². The average Bonchev–Trinajstić information content (AvgIpc) is 2.38. The van der Waals surface area contributed by atoms with Gasteiger partial charge in [-0.3, -0.25) is 9.59 Å². The molecule has 0 unspecified atom stereocenters. The van der Waals surface area contributed by atoms with E-state index in [1.807, 2.05) is 20.8 Å². The van der Waals surface area contributed by atoms with Crippen molar-refractivity contribution in [1.82, 2.24) is 0 Å². The van der Waals surface area contributed by atoms with Crippen LogP contribution >= 0.6 is 0 Å². The van der Waals surface area contributed by atoms with Gasteiger partial charge in [-0.1, -0.05) is 0 Å². The molecule has 0 atom stereocenters. The summed E-state index contributed by atoms with van der Waals surface area (Å²) in [5.41, 5.74) is -1.14. The largest absolute Gasteiger partial charge is 0.469 e. The molecule has 3 saturated carbocycles. The summed E-state index contributed by atoms with van der Waals surface area (Å²) in [6.45, 7) is 5.68. The molecular formula is C15H24O4. The van der Waals surface area contributed by atoms with E-state index in [4.69, 9.17) is 9.47 Å². The van der Waals surface area contributed by atoms with Crippen molar-refractivity contribution in [2.24, 2.45) is 10.8 Å². The van der Waals surface area contributed by atoms with Crippen molar-refractivity contribution < 1.29 is 19.1 Å². The molecule has 19 heavy (non-hydrogen) atoms. The van der Waals surface area contributed by atoms with E-state index in [2.05, 4.69) is 0 Å². The minimum atomic E-state index is -0.444. The summed E-state index contributed by atoms with van der Waals surface area (Å²) in [6.07, 6.45) is 4.49. The molecule has 0 aromatic heterocycles. The normalized spacial score (nSPS) is 33.9. The van der Waals surface area contributed by atoms with E-state index in [0.717, 1.165) is 38.5 Å². The van der Waals surface area contributed by atoms with Crippen LogP contribution in [0.1, 0.15) is 59.3 Å². The molecule has 0 radical (unpaired) electrons. The van der Waals surface area contributed by atoms with Crippen molar-refractivity contribution in [3.05, 3.63) is 0 Å². The van der Waals surface area contributed by atoms with E-state index >= 15 is 0 Å². The number of esters is 2. The summed E-state index contributed by atoms with van der Waals surface area (Å²) >= 11 is 0. The number of ether oxygens (including phenoxy) is 2. The van der Waals surface area contributed by atoms with Gasteiger partial charge in [-0.05, 0) is 59.3 Å². The Morgan fingerprint density at radius 1 is 0.842 bits per heavy atom. The monoisotopic (exact) mass is 268 g/mol. The first kappa shape index (κ1) is 14.4.